The average molecular weight is 233 g/mol. The molecule has 1 heterocycles. The number of benzene rings is 1. The Morgan fingerprint density at radius 2 is 1.94 bits per heavy atom. The molecular weight excluding hydrogens is 214 g/mol. The van der Waals surface area contributed by atoms with E-state index in [-0.39, 0.29) is 11.2 Å². The molecule has 0 saturated carbocycles. The highest BCUT2D eigenvalue weighted by Crippen LogP contribution is 2.39. The summed E-state index contributed by atoms with van der Waals surface area (Å²) in [5.41, 5.74) is 0.675. The monoisotopic (exact) mass is 233 g/mol. The van der Waals surface area contributed by atoms with Crippen LogP contribution < -0.4 is 10.1 Å². The third kappa shape index (κ3) is 2.07. The molecule has 1 aliphatic rings. The zero-order chi connectivity index (χ0) is 12.3. The highest BCUT2D eigenvalue weighted by atomic mass is 16.5. The summed E-state index contributed by atoms with van der Waals surface area (Å²) in [6, 6.07) is 7.87. The van der Waals surface area contributed by atoms with Crippen LogP contribution in [0.4, 0.5) is 0 Å². The summed E-state index contributed by atoms with van der Waals surface area (Å²) >= 11 is 0. The molecule has 1 aromatic rings. The molecule has 0 aromatic heterocycles. The van der Waals surface area contributed by atoms with E-state index in [2.05, 4.69) is 5.32 Å². The number of methoxy groups -OCH3 is 1. The summed E-state index contributed by atoms with van der Waals surface area (Å²) in [4.78, 5) is 12.1. The first-order valence-electron chi connectivity index (χ1n) is 6.06. The fourth-order valence-corrected chi connectivity index (χ4v) is 2.70. The molecule has 0 unspecified atom stereocenters. The first-order chi connectivity index (χ1) is 8.20. The van der Waals surface area contributed by atoms with Crippen molar-refractivity contribution in [3.63, 3.8) is 0 Å². The molecular formula is C14H19NO2. The first kappa shape index (κ1) is 12.1. The van der Waals surface area contributed by atoms with Crippen molar-refractivity contribution in [2.75, 3.05) is 20.2 Å². The van der Waals surface area contributed by atoms with Gasteiger partial charge < -0.3 is 10.1 Å². The predicted molar refractivity (Wildman–Crippen MR) is 67.5 cm³/mol. The summed E-state index contributed by atoms with van der Waals surface area (Å²) in [7, 11) is 1.66. The lowest BCUT2D eigenvalue weighted by Gasteiger charge is -2.36. The molecule has 92 valence electrons. The van der Waals surface area contributed by atoms with E-state index in [4.69, 9.17) is 4.74 Å². The standard InChI is InChI=1S/C14H19NO2/c1-11(16)14(7-9-15-10-8-14)12-5-3-4-6-13(12)17-2/h3-6,15H,7-10H2,1-2H3. The van der Waals surface area contributed by atoms with Gasteiger partial charge in [-0.3, -0.25) is 4.79 Å². The van der Waals surface area contributed by atoms with Crippen LogP contribution in [-0.2, 0) is 10.2 Å². The van der Waals surface area contributed by atoms with Crippen LogP contribution in [0.5, 0.6) is 5.75 Å². The van der Waals surface area contributed by atoms with Gasteiger partial charge >= 0.3 is 0 Å². The molecule has 1 aliphatic heterocycles. The molecule has 17 heavy (non-hydrogen) atoms. The Bertz CT molecular complexity index is 408. The van der Waals surface area contributed by atoms with Crippen molar-refractivity contribution in [3.8, 4) is 5.75 Å². The van der Waals surface area contributed by atoms with Crippen LogP contribution in [0.15, 0.2) is 24.3 Å². The molecule has 3 heteroatoms. The molecule has 0 aliphatic carbocycles. The van der Waals surface area contributed by atoms with E-state index < -0.39 is 0 Å². The van der Waals surface area contributed by atoms with Crippen molar-refractivity contribution in [1.29, 1.82) is 0 Å². The normalized spacial score (nSPS) is 18.7. The SMILES string of the molecule is COc1ccccc1C1(C(C)=O)CCNCC1. The molecule has 2 rings (SSSR count). The molecule has 1 N–H and O–H groups in total. The Hall–Kier alpha value is -1.35. The van der Waals surface area contributed by atoms with E-state index in [1.807, 2.05) is 24.3 Å². The molecule has 1 saturated heterocycles. The van der Waals surface area contributed by atoms with Crippen LogP contribution >= 0.6 is 0 Å². The van der Waals surface area contributed by atoms with Crippen molar-refractivity contribution in [3.05, 3.63) is 29.8 Å². The molecule has 1 aromatic carbocycles. The summed E-state index contributed by atoms with van der Waals surface area (Å²) in [6.45, 7) is 3.47. The fraction of sp³-hybridized carbons (Fsp3) is 0.500. The van der Waals surface area contributed by atoms with Crippen LogP contribution in [0.1, 0.15) is 25.3 Å². The van der Waals surface area contributed by atoms with Crippen LogP contribution in [-0.4, -0.2) is 26.0 Å². The average Bonchev–Trinajstić information content (AvgIpc) is 2.39. The van der Waals surface area contributed by atoms with Crippen LogP contribution in [0.25, 0.3) is 0 Å². The van der Waals surface area contributed by atoms with Crippen molar-refractivity contribution >= 4 is 5.78 Å². The largest absolute Gasteiger partial charge is 0.496 e. The maximum atomic E-state index is 12.1. The predicted octanol–water partition coefficient (Wildman–Crippen LogP) is 1.91. The van der Waals surface area contributed by atoms with Gasteiger partial charge in [-0.1, -0.05) is 18.2 Å². The number of nitrogens with one attached hydrogen (secondary N) is 1. The second-order valence-corrected chi connectivity index (χ2v) is 4.59. The smallest absolute Gasteiger partial charge is 0.140 e. The second kappa shape index (κ2) is 4.88. The van der Waals surface area contributed by atoms with E-state index >= 15 is 0 Å². The molecule has 0 atom stereocenters. The van der Waals surface area contributed by atoms with Crippen molar-refractivity contribution in [1.82, 2.24) is 5.32 Å². The van der Waals surface area contributed by atoms with Gasteiger partial charge in [-0.05, 0) is 38.9 Å². The number of hydrogen-bond acceptors (Lipinski definition) is 3. The maximum absolute atomic E-state index is 12.1. The van der Waals surface area contributed by atoms with Gasteiger partial charge in [0.1, 0.15) is 11.5 Å². The highest BCUT2D eigenvalue weighted by Gasteiger charge is 2.40. The number of rotatable bonds is 3. The lowest BCUT2D eigenvalue weighted by atomic mass is 9.70. The van der Waals surface area contributed by atoms with E-state index in [0.29, 0.717) is 0 Å². The number of carbonyl (C=O) groups excluding carboxylic acids is 1. The number of para-hydroxylation sites is 1. The van der Waals surface area contributed by atoms with Gasteiger partial charge in [0.05, 0.1) is 12.5 Å². The maximum Gasteiger partial charge on any atom is 0.140 e. The molecule has 0 spiro atoms. The fourth-order valence-electron chi connectivity index (χ4n) is 2.70. The number of carbonyl (C=O) groups is 1. The van der Waals surface area contributed by atoms with E-state index in [1.165, 1.54) is 0 Å². The lowest BCUT2D eigenvalue weighted by Crippen LogP contribution is -2.44. The van der Waals surface area contributed by atoms with E-state index in [9.17, 15) is 4.79 Å². The minimum absolute atomic E-state index is 0.239. The van der Waals surface area contributed by atoms with Gasteiger partial charge in [0, 0.05) is 5.56 Å². The number of piperidine rings is 1. The zero-order valence-corrected chi connectivity index (χ0v) is 10.5. The quantitative estimate of drug-likeness (QED) is 0.866. The summed E-state index contributed by atoms with van der Waals surface area (Å²) in [5.74, 6) is 1.06. The van der Waals surface area contributed by atoms with Gasteiger partial charge in [0.25, 0.3) is 0 Å². The highest BCUT2D eigenvalue weighted by molar-refractivity contribution is 5.89. The third-order valence-corrected chi connectivity index (χ3v) is 3.75. The number of ketones is 1. The topological polar surface area (TPSA) is 38.3 Å². The molecule has 0 bridgehead atoms. The van der Waals surface area contributed by atoms with Gasteiger partial charge in [-0.2, -0.15) is 0 Å². The molecule has 1 fully saturated rings. The number of ether oxygens (including phenoxy) is 1. The van der Waals surface area contributed by atoms with Crippen LogP contribution in [0.3, 0.4) is 0 Å². The Morgan fingerprint density at radius 3 is 2.53 bits per heavy atom. The van der Waals surface area contributed by atoms with Crippen LogP contribution in [0, 0.1) is 0 Å². The van der Waals surface area contributed by atoms with Gasteiger partial charge in [-0.25, -0.2) is 0 Å². The Kier molecular flexibility index (Phi) is 3.48. The molecule has 0 amide bonds. The van der Waals surface area contributed by atoms with Crippen molar-refractivity contribution in [2.45, 2.75) is 25.2 Å². The summed E-state index contributed by atoms with van der Waals surface area (Å²) < 4.78 is 5.40. The molecule has 0 radical (unpaired) electrons. The minimum Gasteiger partial charge on any atom is -0.496 e. The van der Waals surface area contributed by atoms with Crippen molar-refractivity contribution < 1.29 is 9.53 Å². The first-order valence-corrected chi connectivity index (χ1v) is 6.06. The molecule has 3 nitrogen and oxygen atoms in total. The third-order valence-electron chi connectivity index (χ3n) is 3.75. The zero-order valence-electron chi connectivity index (χ0n) is 10.5. The second-order valence-electron chi connectivity index (χ2n) is 4.59. The van der Waals surface area contributed by atoms with E-state index in [0.717, 1.165) is 37.2 Å². The summed E-state index contributed by atoms with van der Waals surface area (Å²) in [5, 5.41) is 3.31. The summed E-state index contributed by atoms with van der Waals surface area (Å²) in [6.07, 6.45) is 1.70. The Morgan fingerprint density at radius 1 is 1.29 bits per heavy atom. The van der Waals surface area contributed by atoms with Gasteiger partial charge in [0.2, 0.25) is 0 Å². The van der Waals surface area contributed by atoms with Crippen molar-refractivity contribution in [2.24, 2.45) is 0 Å². The number of Topliss-reactive ketones (excluding diaryl/α,β-unsaturated/α-hetero) is 1. The number of hydrogen-bond donors (Lipinski definition) is 1. The Labute approximate surface area is 102 Å². The van der Waals surface area contributed by atoms with Crippen LogP contribution in [0.2, 0.25) is 0 Å². The van der Waals surface area contributed by atoms with E-state index in [1.54, 1.807) is 14.0 Å². The lowest BCUT2D eigenvalue weighted by molar-refractivity contribution is -0.123. The Balaban J connectivity index is 2.48. The van der Waals surface area contributed by atoms with Gasteiger partial charge in [0.15, 0.2) is 0 Å². The minimum atomic E-state index is -0.363. The van der Waals surface area contributed by atoms with Gasteiger partial charge in [-0.15, -0.1) is 0 Å².